The van der Waals surface area contributed by atoms with Gasteiger partial charge in [-0.2, -0.15) is 0 Å². The zero-order valence-corrected chi connectivity index (χ0v) is 17.6. The fourth-order valence-corrected chi connectivity index (χ4v) is 3.00. The summed E-state index contributed by atoms with van der Waals surface area (Å²) >= 11 is 5.34. The van der Waals surface area contributed by atoms with E-state index in [-0.39, 0.29) is 11.0 Å². The molecular formula is C21H26N2O4S. The van der Waals surface area contributed by atoms with E-state index in [1.54, 1.807) is 12.1 Å². The number of amides is 1. The van der Waals surface area contributed by atoms with E-state index in [1.807, 2.05) is 18.2 Å². The zero-order chi connectivity index (χ0) is 20.7. The zero-order valence-electron chi connectivity index (χ0n) is 16.8. The fourth-order valence-electron chi connectivity index (χ4n) is 2.80. The summed E-state index contributed by atoms with van der Waals surface area (Å²) in [6.45, 7) is 4.28. The van der Waals surface area contributed by atoms with Crippen molar-refractivity contribution < 1.29 is 19.0 Å². The summed E-state index contributed by atoms with van der Waals surface area (Å²) < 4.78 is 15.9. The van der Waals surface area contributed by atoms with Gasteiger partial charge in [0.25, 0.3) is 5.91 Å². The number of hydrogen-bond donors (Lipinski definition) is 2. The number of thiocarbonyl (C=S) groups is 1. The van der Waals surface area contributed by atoms with Crippen LogP contribution in [0.3, 0.4) is 0 Å². The largest absolute Gasteiger partial charge is 0.493 e. The molecule has 2 aromatic carbocycles. The Morgan fingerprint density at radius 2 is 1.68 bits per heavy atom. The van der Waals surface area contributed by atoms with E-state index in [4.69, 9.17) is 26.4 Å². The van der Waals surface area contributed by atoms with Crippen LogP contribution in [0.15, 0.2) is 36.4 Å². The van der Waals surface area contributed by atoms with Crippen molar-refractivity contribution >= 4 is 28.9 Å². The molecule has 28 heavy (non-hydrogen) atoms. The van der Waals surface area contributed by atoms with E-state index in [2.05, 4.69) is 30.5 Å². The Morgan fingerprint density at radius 3 is 2.21 bits per heavy atom. The van der Waals surface area contributed by atoms with Gasteiger partial charge in [-0.1, -0.05) is 32.0 Å². The van der Waals surface area contributed by atoms with Gasteiger partial charge in [-0.05, 0) is 48.3 Å². The smallest absolute Gasteiger partial charge is 0.257 e. The second-order valence-corrected chi connectivity index (χ2v) is 6.63. The first-order valence-corrected chi connectivity index (χ1v) is 9.37. The van der Waals surface area contributed by atoms with Gasteiger partial charge in [0.05, 0.1) is 21.3 Å². The molecule has 0 radical (unpaired) electrons. The predicted molar refractivity (Wildman–Crippen MR) is 115 cm³/mol. The Morgan fingerprint density at radius 1 is 1.07 bits per heavy atom. The van der Waals surface area contributed by atoms with Crippen molar-refractivity contribution in [1.29, 1.82) is 0 Å². The summed E-state index contributed by atoms with van der Waals surface area (Å²) in [6, 6.07) is 11.1. The van der Waals surface area contributed by atoms with Crippen LogP contribution in [0.25, 0.3) is 0 Å². The molecule has 1 atom stereocenters. The monoisotopic (exact) mass is 402 g/mol. The molecule has 150 valence electrons. The molecule has 2 rings (SSSR count). The molecule has 1 amide bonds. The third-order valence-electron chi connectivity index (χ3n) is 4.51. The van der Waals surface area contributed by atoms with Gasteiger partial charge in [0, 0.05) is 11.3 Å². The van der Waals surface area contributed by atoms with Gasteiger partial charge in [-0.25, -0.2) is 0 Å². The highest BCUT2D eigenvalue weighted by Gasteiger charge is 2.18. The number of rotatable bonds is 7. The lowest BCUT2D eigenvalue weighted by atomic mass is 9.97. The van der Waals surface area contributed by atoms with Crippen molar-refractivity contribution in [3.63, 3.8) is 0 Å². The van der Waals surface area contributed by atoms with Crippen molar-refractivity contribution in [3.05, 3.63) is 47.5 Å². The van der Waals surface area contributed by atoms with Gasteiger partial charge in [0.15, 0.2) is 16.6 Å². The Labute approximate surface area is 171 Å². The van der Waals surface area contributed by atoms with Crippen LogP contribution in [0.1, 0.15) is 42.1 Å². The Bertz CT molecular complexity index is 829. The molecule has 2 N–H and O–H groups in total. The predicted octanol–water partition coefficient (Wildman–Crippen LogP) is 4.35. The Kier molecular flexibility index (Phi) is 7.63. The van der Waals surface area contributed by atoms with Crippen LogP contribution in [-0.4, -0.2) is 32.3 Å². The third kappa shape index (κ3) is 4.92. The van der Waals surface area contributed by atoms with Gasteiger partial charge >= 0.3 is 0 Å². The lowest BCUT2D eigenvalue weighted by molar-refractivity contribution is 0.0977. The number of nitrogens with one attached hydrogen (secondary N) is 2. The highest BCUT2D eigenvalue weighted by atomic mass is 32.1. The van der Waals surface area contributed by atoms with Crippen LogP contribution in [-0.2, 0) is 0 Å². The van der Waals surface area contributed by atoms with Crippen LogP contribution in [0.4, 0.5) is 5.69 Å². The van der Waals surface area contributed by atoms with Crippen LogP contribution in [0, 0.1) is 0 Å². The minimum absolute atomic E-state index is 0.217. The summed E-state index contributed by atoms with van der Waals surface area (Å²) in [5, 5.41) is 6.03. The molecule has 0 aliphatic rings. The van der Waals surface area contributed by atoms with Gasteiger partial charge in [-0.15, -0.1) is 0 Å². The van der Waals surface area contributed by atoms with Crippen molar-refractivity contribution in [2.45, 2.75) is 26.2 Å². The maximum absolute atomic E-state index is 12.7. The standard InChI is InChI=1S/C21H26N2O4S/c1-6-13(2)15-9-7-8-10-16(15)22-21(28)23-20(24)14-11-17(25-3)19(27-5)18(12-14)26-4/h7-13H,6H2,1-5H3,(H2,22,23,24,28)/t13-/m1/s1. The first-order valence-electron chi connectivity index (χ1n) is 8.96. The molecule has 0 bridgehead atoms. The van der Waals surface area contributed by atoms with Crippen LogP contribution in [0.2, 0.25) is 0 Å². The number of ether oxygens (including phenoxy) is 3. The fraction of sp³-hybridized carbons (Fsp3) is 0.333. The number of benzene rings is 2. The number of hydrogen-bond acceptors (Lipinski definition) is 5. The molecule has 2 aromatic rings. The summed E-state index contributed by atoms with van der Waals surface area (Å²) in [4.78, 5) is 12.7. The van der Waals surface area contributed by atoms with E-state index in [1.165, 1.54) is 21.3 Å². The molecule has 0 unspecified atom stereocenters. The van der Waals surface area contributed by atoms with E-state index >= 15 is 0 Å². The van der Waals surface area contributed by atoms with Crippen molar-refractivity contribution in [3.8, 4) is 17.2 Å². The second kappa shape index (κ2) is 9.94. The maximum Gasteiger partial charge on any atom is 0.257 e. The lowest BCUT2D eigenvalue weighted by Gasteiger charge is -2.17. The Hall–Kier alpha value is -2.80. The summed E-state index contributed by atoms with van der Waals surface area (Å²) in [7, 11) is 4.50. The van der Waals surface area contributed by atoms with E-state index in [0.717, 1.165) is 17.7 Å². The molecule has 0 heterocycles. The van der Waals surface area contributed by atoms with Gasteiger partial charge in [0.1, 0.15) is 0 Å². The topological polar surface area (TPSA) is 68.8 Å². The van der Waals surface area contributed by atoms with Gasteiger partial charge in [0.2, 0.25) is 5.75 Å². The van der Waals surface area contributed by atoms with Crippen LogP contribution in [0.5, 0.6) is 17.2 Å². The molecule has 0 saturated heterocycles. The minimum Gasteiger partial charge on any atom is -0.493 e. The molecule has 0 saturated carbocycles. The SMILES string of the molecule is CC[C@@H](C)c1ccccc1NC(=S)NC(=O)c1cc(OC)c(OC)c(OC)c1. The van der Waals surface area contributed by atoms with E-state index in [0.29, 0.717) is 28.7 Å². The highest BCUT2D eigenvalue weighted by molar-refractivity contribution is 7.80. The molecule has 6 nitrogen and oxygen atoms in total. The number of carbonyl (C=O) groups excluding carboxylic acids is 1. The number of anilines is 1. The average molecular weight is 403 g/mol. The number of para-hydroxylation sites is 1. The molecule has 7 heteroatoms. The molecule has 0 aliphatic carbocycles. The van der Waals surface area contributed by atoms with Crippen molar-refractivity contribution in [2.75, 3.05) is 26.6 Å². The number of carbonyl (C=O) groups is 1. The molecular weight excluding hydrogens is 376 g/mol. The second-order valence-electron chi connectivity index (χ2n) is 6.22. The summed E-state index contributed by atoms with van der Waals surface area (Å²) in [6.07, 6.45) is 1.00. The highest BCUT2D eigenvalue weighted by Crippen LogP contribution is 2.38. The van der Waals surface area contributed by atoms with E-state index in [9.17, 15) is 4.79 Å². The molecule has 0 aromatic heterocycles. The molecule has 0 fully saturated rings. The van der Waals surface area contributed by atoms with Crippen molar-refractivity contribution in [2.24, 2.45) is 0 Å². The third-order valence-corrected chi connectivity index (χ3v) is 4.71. The van der Waals surface area contributed by atoms with Gasteiger partial charge < -0.3 is 19.5 Å². The summed E-state index contributed by atoms with van der Waals surface area (Å²) in [5.41, 5.74) is 2.37. The van der Waals surface area contributed by atoms with Crippen molar-refractivity contribution in [1.82, 2.24) is 5.32 Å². The molecule has 0 aliphatic heterocycles. The Balaban J connectivity index is 2.19. The average Bonchev–Trinajstić information content (AvgIpc) is 2.72. The quantitative estimate of drug-likeness (QED) is 0.671. The van der Waals surface area contributed by atoms with Gasteiger partial charge in [-0.3, -0.25) is 10.1 Å². The van der Waals surface area contributed by atoms with Crippen LogP contribution >= 0.6 is 12.2 Å². The summed E-state index contributed by atoms with van der Waals surface area (Å²) in [5.74, 6) is 1.21. The van der Waals surface area contributed by atoms with Crippen LogP contribution < -0.4 is 24.8 Å². The van der Waals surface area contributed by atoms with E-state index < -0.39 is 0 Å². The molecule has 0 spiro atoms. The first kappa shape index (κ1) is 21.5. The normalized spacial score (nSPS) is 11.3. The minimum atomic E-state index is -0.377. The number of methoxy groups -OCH3 is 3. The first-order chi connectivity index (χ1) is 13.4. The maximum atomic E-state index is 12.7. The lowest BCUT2D eigenvalue weighted by Crippen LogP contribution is -2.34.